The maximum Gasteiger partial charge on any atom is 0.239 e. The van der Waals surface area contributed by atoms with Crippen LogP contribution in [0.1, 0.15) is 23.6 Å². The van der Waals surface area contributed by atoms with E-state index in [-0.39, 0.29) is 18.4 Å². The maximum absolute atomic E-state index is 12.2. The van der Waals surface area contributed by atoms with Crippen LogP contribution in [0.4, 0.5) is 0 Å². The smallest absolute Gasteiger partial charge is 0.239 e. The Bertz CT molecular complexity index is 743. The van der Waals surface area contributed by atoms with Crippen LogP contribution in [0.15, 0.2) is 48.5 Å². The standard InChI is InChI=1S/C20H24N2O3/c1-15-7-6-8-17(11-15)12-21-20(24)14-22(16(2)23)13-18-9-4-5-10-19(18)25-3/h4-11H,12-14H2,1-3H3,(H,21,24). The Balaban J connectivity index is 1.96. The first-order chi connectivity index (χ1) is 12.0. The number of carbonyl (C=O) groups excluding carboxylic acids is 2. The van der Waals surface area contributed by atoms with E-state index in [1.54, 1.807) is 7.11 Å². The summed E-state index contributed by atoms with van der Waals surface area (Å²) in [6, 6.07) is 15.4. The van der Waals surface area contributed by atoms with Crippen LogP contribution in [0.3, 0.4) is 0 Å². The Kier molecular flexibility index (Phi) is 6.57. The predicted octanol–water partition coefficient (Wildman–Crippen LogP) is 2.67. The van der Waals surface area contributed by atoms with Crippen molar-refractivity contribution >= 4 is 11.8 Å². The quantitative estimate of drug-likeness (QED) is 0.843. The van der Waals surface area contributed by atoms with Crippen molar-refractivity contribution in [3.8, 4) is 5.75 Å². The molecule has 0 fully saturated rings. The summed E-state index contributed by atoms with van der Waals surface area (Å²) in [5.41, 5.74) is 3.05. The number of para-hydroxylation sites is 1. The fourth-order valence-corrected chi connectivity index (χ4v) is 2.57. The van der Waals surface area contributed by atoms with E-state index < -0.39 is 0 Å². The van der Waals surface area contributed by atoms with Crippen LogP contribution in [0.5, 0.6) is 5.75 Å². The number of nitrogens with zero attached hydrogens (tertiary/aromatic N) is 1. The van der Waals surface area contributed by atoms with Crippen molar-refractivity contribution in [2.24, 2.45) is 0 Å². The number of nitrogens with one attached hydrogen (secondary N) is 1. The third-order valence-corrected chi connectivity index (χ3v) is 3.91. The minimum Gasteiger partial charge on any atom is -0.496 e. The minimum absolute atomic E-state index is 0.0131. The first-order valence-corrected chi connectivity index (χ1v) is 8.19. The average molecular weight is 340 g/mol. The van der Waals surface area contributed by atoms with Crippen molar-refractivity contribution in [3.05, 3.63) is 65.2 Å². The molecule has 2 aromatic carbocycles. The zero-order chi connectivity index (χ0) is 18.2. The van der Waals surface area contributed by atoms with Gasteiger partial charge in [-0.15, -0.1) is 0 Å². The Hall–Kier alpha value is -2.82. The van der Waals surface area contributed by atoms with E-state index in [1.165, 1.54) is 11.8 Å². The molecule has 0 atom stereocenters. The summed E-state index contributed by atoms with van der Waals surface area (Å²) < 4.78 is 5.31. The molecule has 0 aliphatic rings. The highest BCUT2D eigenvalue weighted by atomic mass is 16.5. The van der Waals surface area contributed by atoms with Gasteiger partial charge in [0.2, 0.25) is 11.8 Å². The molecule has 0 radical (unpaired) electrons. The average Bonchev–Trinajstić information content (AvgIpc) is 2.60. The minimum atomic E-state index is -0.188. The lowest BCUT2D eigenvalue weighted by Crippen LogP contribution is -2.39. The van der Waals surface area contributed by atoms with Gasteiger partial charge in [-0.1, -0.05) is 48.0 Å². The second-order valence-electron chi connectivity index (χ2n) is 5.95. The molecule has 0 unspecified atom stereocenters. The molecule has 5 nitrogen and oxygen atoms in total. The number of ether oxygens (including phenoxy) is 1. The Labute approximate surface area is 148 Å². The molecule has 2 aromatic rings. The highest BCUT2D eigenvalue weighted by molar-refractivity contribution is 5.83. The molecule has 1 N–H and O–H groups in total. The third-order valence-electron chi connectivity index (χ3n) is 3.91. The number of hydrogen-bond acceptors (Lipinski definition) is 3. The van der Waals surface area contributed by atoms with Gasteiger partial charge in [0.1, 0.15) is 5.75 Å². The monoisotopic (exact) mass is 340 g/mol. The molecule has 0 saturated carbocycles. The van der Waals surface area contributed by atoms with Crippen molar-refractivity contribution in [2.75, 3.05) is 13.7 Å². The highest BCUT2D eigenvalue weighted by Gasteiger charge is 2.16. The second kappa shape index (κ2) is 8.87. The van der Waals surface area contributed by atoms with Gasteiger partial charge in [0, 0.05) is 25.6 Å². The summed E-state index contributed by atoms with van der Waals surface area (Å²) in [7, 11) is 1.59. The van der Waals surface area contributed by atoms with Gasteiger partial charge in [-0.05, 0) is 18.6 Å². The van der Waals surface area contributed by atoms with Gasteiger partial charge in [0.05, 0.1) is 13.7 Å². The highest BCUT2D eigenvalue weighted by Crippen LogP contribution is 2.19. The molecule has 0 aliphatic carbocycles. The van der Waals surface area contributed by atoms with Gasteiger partial charge in [0.25, 0.3) is 0 Å². The summed E-state index contributed by atoms with van der Waals surface area (Å²) >= 11 is 0. The van der Waals surface area contributed by atoms with Crippen LogP contribution >= 0.6 is 0 Å². The molecule has 132 valence electrons. The molecule has 0 saturated heterocycles. The van der Waals surface area contributed by atoms with E-state index in [9.17, 15) is 9.59 Å². The Morgan fingerprint density at radius 3 is 2.56 bits per heavy atom. The summed E-state index contributed by atoms with van der Waals surface area (Å²) in [5, 5.41) is 2.86. The fourth-order valence-electron chi connectivity index (χ4n) is 2.57. The summed E-state index contributed by atoms with van der Waals surface area (Å²) in [6.45, 7) is 4.26. The number of hydrogen-bond donors (Lipinski definition) is 1. The molecular weight excluding hydrogens is 316 g/mol. The summed E-state index contributed by atoms with van der Waals surface area (Å²) in [4.78, 5) is 25.6. The van der Waals surface area contributed by atoms with Crippen LogP contribution in [0.2, 0.25) is 0 Å². The van der Waals surface area contributed by atoms with Crippen molar-refractivity contribution in [1.82, 2.24) is 10.2 Å². The van der Waals surface area contributed by atoms with E-state index in [2.05, 4.69) is 5.32 Å². The van der Waals surface area contributed by atoms with E-state index >= 15 is 0 Å². The van der Waals surface area contributed by atoms with Crippen LogP contribution in [0.25, 0.3) is 0 Å². The maximum atomic E-state index is 12.2. The molecule has 0 aromatic heterocycles. The van der Waals surface area contributed by atoms with E-state index in [0.29, 0.717) is 18.8 Å². The van der Waals surface area contributed by atoms with Crippen LogP contribution in [0, 0.1) is 6.92 Å². The SMILES string of the molecule is COc1ccccc1CN(CC(=O)NCc1cccc(C)c1)C(C)=O. The lowest BCUT2D eigenvalue weighted by Gasteiger charge is -2.21. The first kappa shape index (κ1) is 18.5. The number of rotatable bonds is 7. The number of aryl methyl sites for hydroxylation is 1. The van der Waals surface area contributed by atoms with Crippen molar-refractivity contribution in [2.45, 2.75) is 26.9 Å². The Morgan fingerprint density at radius 1 is 1.12 bits per heavy atom. The van der Waals surface area contributed by atoms with Gasteiger partial charge in [-0.3, -0.25) is 9.59 Å². The van der Waals surface area contributed by atoms with Gasteiger partial charge in [-0.25, -0.2) is 0 Å². The molecule has 0 bridgehead atoms. The van der Waals surface area contributed by atoms with E-state index in [0.717, 1.165) is 16.7 Å². The normalized spacial score (nSPS) is 10.2. The first-order valence-electron chi connectivity index (χ1n) is 8.19. The Morgan fingerprint density at radius 2 is 1.88 bits per heavy atom. The summed E-state index contributed by atoms with van der Waals surface area (Å²) in [5.74, 6) is 0.358. The fraction of sp³-hybridized carbons (Fsp3) is 0.300. The van der Waals surface area contributed by atoms with Crippen LogP contribution in [-0.2, 0) is 22.7 Å². The summed E-state index contributed by atoms with van der Waals surface area (Å²) in [6.07, 6.45) is 0. The number of amides is 2. The van der Waals surface area contributed by atoms with Gasteiger partial charge in [-0.2, -0.15) is 0 Å². The zero-order valence-corrected chi connectivity index (χ0v) is 14.9. The van der Waals surface area contributed by atoms with Crippen molar-refractivity contribution in [1.29, 1.82) is 0 Å². The number of benzene rings is 2. The van der Waals surface area contributed by atoms with Gasteiger partial charge in [0.15, 0.2) is 0 Å². The molecule has 0 aliphatic heterocycles. The molecule has 5 heteroatoms. The van der Waals surface area contributed by atoms with Crippen molar-refractivity contribution < 1.29 is 14.3 Å². The van der Waals surface area contributed by atoms with Crippen LogP contribution < -0.4 is 10.1 Å². The second-order valence-corrected chi connectivity index (χ2v) is 5.95. The molecule has 2 amide bonds. The van der Waals surface area contributed by atoms with Gasteiger partial charge >= 0.3 is 0 Å². The third kappa shape index (κ3) is 5.64. The molecule has 0 spiro atoms. The lowest BCUT2D eigenvalue weighted by molar-refractivity contribution is -0.135. The number of carbonyl (C=O) groups is 2. The molecule has 25 heavy (non-hydrogen) atoms. The number of methoxy groups -OCH3 is 1. The topological polar surface area (TPSA) is 58.6 Å². The predicted molar refractivity (Wildman–Crippen MR) is 97.1 cm³/mol. The lowest BCUT2D eigenvalue weighted by atomic mass is 10.1. The van der Waals surface area contributed by atoms with Crippen molar-refractivity contribution in [3.63, 3.8) is 0 Å². The molecule has 0 heterocycles. The van der Waals surface area contributed by atoms with E-state index in [4.69, 9.17) is 4.74 Å². The molecule has 2 rings (SSSR count). The zero-order valence-electron chi connectivity index (χ0n) is 14.9. The van der Waals surface area contributed by atoms with Gasteiger partial charge < -0.3 is 15.0 Å². The van der Waals surface area contributed by atoms with E-state index in [1.807, 2.05) is 55.5 Å². The molecular formula is C20H24N2O3. The largest absolute Gasteiger partial charge is 0.496 e. The van der Waals surface area contributed by atoms with Crippen LogP contribution in [-0.4, -0.2) is 30.4 Å².